The molecule has 3 N–H and O–H groups in total. The summed E-state index contributed by atoms with van der Waals surface area (Å²) < 4.78 is 10.2. The monoisotopic (exact) mass is 239 g/mol. The molecule has 1 aromatic rings. The quantitative estimate of drug-likeness (QED) is 0.777. The zero-order valence-corrected chi connectivity index (χ0v) is 9.97. The molecule has 1 rings (SSSR count). The van der Waals surface area contributed by atoms with Crippen LogP contribution in [-0.4, -0.2) is 31.4 Å². The predicted molar refractivity (Wildman–Crippen MR) is 63.1 cm³/mol. The summed E-state index contributed by atoms with van der Waals surface area (Å²) in [5.74, 6) is -0.324. The number of hydrogen-bond acceptors (Lipinski definition) is 4. The summed E-state index contributed by atoms with van der Waals surface area (Å²) in [6.45, 7) is 1.75. The van der Waals surface area contributed by atoms with E-state index in [1.54, 1.807) is 7.11 Å². The number of aryl methyl sites for hydroxylation is 1. The number of hydrogen-bond donors (Lipinski definition) is 2. The van der Waals surface area contributed by atoms with Crippen molar-refractivity contribution in [3.63, 3.8) is 0 Å². The Hall–Kier alpha value is -1.59. The number of methoxy groups -OCH3 is 1. The Morgan fingerprint density at radius 1 is 1.53 bits per heavy atom. The molecule has 1 atom stereocenters. The van der Waals surface area contributed by atoms with E-state index in [-0.39, 0.29) is 13.2 Å². The van der Waals surface area contributed by atoms with Crippen LogP contribution in [0, 0.1) is 6.92 Å². The minimum absolute atomic E-state index is 0.145. The first-order chi connectivity index (χ1) is 8.04. The third kappa shape index (κ3) is 4.05. The highest BCUT2D eigenvalue weighted by molar-refractivity contribution is 5.68. The molecule has 0 aromatic heterocycles. The predicted octanol–water partition coefficient (Wildman–Crippen LogP) is 1.10. The highest BCUT2D eigenvalue weighted by atomic mass is 16.5. The third-order valence-corrected chi connectivity index (χ3v) is 2.31. The van der Waals surface area contributed by atoms with E-state index in [2.05, 4.69) is 0 Å². The lowest BCUT2D eigenvalue weighted by Gasteiger charge is -2.16. The molecule has 0 amide bonds. The van der Waals surface area contributed by atoms with Crippen molar-refractivity contribution in [3.8, 4) is 5.75 Å². The fraction of sp³-hybridized carbons (Fsp3) is 0.417. The maximum Gasteiger partial charge on any atom is 0.329 e. The standard InChI is InChI=1S/C12H17NO4/c1-8-3-4-11(16-2)9(5-8)10(13)6-17-7-12(14)15/h3-5,10H,6-7,13H2,1-2H3,(H,14,15). The molecular formula is C12H17NO4. The Kier molecular flexibility index (Phi) is 4.93. The molecule has 94 valence electrons. The molecule has 0 heterocycles. The lowest BCUT2D eigenvalue weighted by Crippen LogP contribution is -2.20. The van der Waals surface area contributed by atoms with Crippen molar-refractivity contribution < 1.29 is 19.4 Å². The van der Waals surface area contributed by atoms with Crippen LogP contribution in [0.4, 0.5) is 0 Å². The van der Waals surface area contributed by atoms with Crippen LogP contribution in [0.1, 0.15) is 17.2 Å². The van der Waals surface area contributed by atoms with Crippen LogP contribution >= 0.6 is 0 Å². The Morgan fingerprint density at radius 2 is 2.24 bits per heavy atom. The van der Waals surface area contributed by atoms with Gasteiger partial charge in [0, 0.05) is 5.56 Å². The van der Waals surface area contributed by atoms with E-state index >= 15 is 0 Å². The second-order valence-corrected chi connectivity index (χ2v) is 3.76. The zero-order valence-electron chi connectivity index (χ0n) is 9.97. The molecule has 0 radical (unpaired) electrons. The number of carboxylic acids is 1. The average molecular weight is 239 g/mol. The molecule has 0 aliphatic carbocycles. The Labute approximate surface area is 100 Å². The van der Waals surface area contributed by atoms with E-state index in [9.17, 15) is 4.79 Å². The molecule has 0 bridgehead atoms. The van der Waals surface area contributed by atoms with Crippen molar-refractivity contribution in [3.05, 3.63) is 29.3 Å². The van der Waals surface area contributed by atoms with Crippen molar-refractivity contribution in [1.82, 2.24) is 0 Å². The van der Waals surface area contributed by atoms with Gasteiger partial charge < -0.3 is 20.3 Å². The summed E-state index contributed by atoms with van der Waals surface area (Å²) in [5, 5.41) is 8.45. The number of benzene rings is 1. The van der Waals surface area contributed by atoms with Crippen LogP contribution in [0.5, 0.6) is 5.75 Å². The smallest absolute Gasteiger partial charge is 0.329 e. The molecule has 0 saturated heterocycles. The topological polar surface area (TPSA) is 81.8 Å². The van der Waals surface area contributed by atoms with Gasteiger partial charge >= 0.3 is 5.97 Å². The fourth-order valence-electron chi connectivity index (χ4n) is 1.51. The van der Waals surface area contributed by atoms with Crippen molar-refractivity contribution in [2.75, 3.05) is 20.3 Å². The lowest BCUT2D eigenvalue weighted by molar-refractivity contribution is -0.142. The lowest BCUT2D eigenvalue weighted by atomic mass is 10.0. The van der Waals surface area contributed by atoms with Gasteiger partial charge in [0.2, 0.25) is 0 Å². The minimum Gasteiger partial charge on any atom is -0.496 e. The van der Waals surface area contributed by atoms with E-state index in [1.807, 2.05) is 25.1 Å². The first-order valence-corrected chi connectivity index (χ1v) is 5.24. The number of carboxylic acid groups (broad SMARTS) is 1. The number of rotatable bonds is 6. The zero-order chi connectivity index (χ0) is 12.8. The van der Waals surface area contributed by atoms with Gasteiger partial charge in [-0.1, -0.05) is 17.7 Å². The van der Waals surface area contributed by atoms with Crippen LogP contribution < -0.4 is 10.5 Å². The third-order valence-electron chi connectivity index (χ3n) is 2.31. The van der Waals surface area contributed by atoms with Crippen LogP contribution in [0.15, 0.2) is 18.2 Å². The average Bonchev–Trinajstić information content (AvgIpc) is 2.28. The van der Waals surface area contributed by atoms with Gasteiger partial charge in [-0.05, 0) is 13.0 Å². The van der Waals surface area contributed by atoms with Gasteiger partial charge in [0.05, 0.1) is 19.8 Å². The molecule has 5 nitrogen and oxygen atoms in total. The summed E-state index contributed by atoms with van der Waals surface area (Å²) in [7, 11) is 1.57. The SMILES string of the molecule is COc1ccc(C)cc1C(N)COCC(=O)O. The first-order valence-electron chi connectivity index (χ1n) is 5.24. The first kappa shape index (κ1) is 13.5. The maximum atomic E-state index is 10.3. The van der Waals surface area contributed by atoms with Crippen molar-refractivity contribution in [1.29, 1.82) is 0 Å². The van der Waals surface area contributed by atoms with Gasteiger partial charge in [-0.25, -0.2) is 4.79 Å². The van der Waals surface area contributed by atoms with Crippen molar-refractivity contribution >= 4 is 5.97 Å². The molecule has 5 heteroatoms. The van der Waals surface area contributed by atoms with Crippen LogP contribution in [0.3, 0.4) is 0 Å². The summed E-state index contributed by atoms with van der Waals surface area (Å²) >= 11 is 0. The van der Waals surface area contributed by atoms with Gasteiger partial charge in [-0.2, -0.15) is 0 Å². The van der Waals surface area contributed by atoms with Crippen LogP contribution in [0.2, 0.25) is 0 Å². The molecule has 1 unspecified atom stereocenters. The van der Waals surface area contributed by atoms with Gasteiger partial charge in [-0.15, -0.1) is 0 Å². The van der Waals surface area contributed by atoms with Gasteiger partial charge in [0.15, 0.2) is 0 Å². The Morgan fingerprint density at radius 3 is 2.82 bits per heavy atom. The molecular weight excluding hydrogens is 222 g/mol. The van der Waals surface area contributed by atoms with Crippen molar-refractivity contribution in [2.45, 2.75) is 13.0 Å². The van der Waals surface area contributed by atoms with E-state index in [1.165, 1.54) is 0 Å². The number of aliphatic carboxylic acids is 1. The summed E-state index contributed by atoms with van der Waals surface area (Å²) in [5.41, 5.74) is 7.81. The highest BCUT2D eigenvalue weighted by Crippen LogP contribution is 2.25. The Balaban J connectivity index is 2.69. The number of ether oxygens (including phenoxy) is 2. The highest BCUT2D eigenvalue weighted by Gasteiger charge is 2.12. The van der Waals surface area contributed by atoms with E-state index in [0.29, 0.717) is 5.75 Å². The van der Waals surface area contributed by atoms with E-state index < -0.39 is 12.0 Å². The van der Waals surface area contributed by atoms with Crippen molar-refractivity contribution in [2.24, 2.45) is 5.73 Å². The largest absolute Gasteiger partial charge is 0.496 e. The second-order valence-electron chi connectivity index (χ2n) is 3.76. The number of carbonyl (C=O) groups is 1. The second kappa shape index (κ2) is 6.22. The molecule has 1 aromatic carbocycles. The van der Waals surface area contributed by atoms with Crippen LogP contribution in [0.25, 0.3) is 0 Å². The molecule has 0 spiro atoms. The normalized spacial score (nSPS) is 12.2. The summed E-state index contributed by atoms with van der Waals surface area (Å²) in [4.78, 5) is 10.3. The fourth-order valence-corrected chi connectivity index (χ4v) is 1.51. The molecule has 17 heavy (non-hydrogen) atoms. The van der Waals surface area contributed by atoms with E-state index in [4.69, 9.17) is 20.3 Å². The summed E-state index contributed by atoms with van der Waals surface area (Å²) in [6, 6.07) is 5.27. The number of nitrogens with two attached hydrogens (primary N) is 1. The summed E-state index contributed by atoms with van der Waals surface area (Å²) in [6.07, 6.45) is 0. The van der Waals surface area contributed by atoms with E-state index in [0.717, 1.165) is 11.1 Å². The van der Waals surface area contributed by atoms with Gasteiger partial charge in [0.25, 0.3) is 0 Å². The van der Waals surface area contributed by atoms with Gasteiger partial charge in [0.1, 0.15) is 12.4 Å². The maximum absolute atomic E-state index is 10.3. The Bertz CT molecular complexity index is 392. The minimum atomic E-state index is -1.01. The molecule has 0 saturated carbocycles. The molecule has 0 fully saturated rings. The van der Waals surface area contributed by atoms with Gasteiger partial charge in [-0.3, -0.25) is 0 Å². The molecule has 0 aliphatic heterocycles. The van der Waals surface area contributed by atoms with Crippen LogP contribution in [-0.2, 0) is 9.53 Å². The molecule has 0 aliphatic rings.